The average Bonchev–Trinajstić information content (AvgIpc) is 2.30. The minimum atomic E-state index is -0.349. The summed E-state index contributed by atoms with van der Waals surface area (Å²) >= 11 is 5.79. The van der Waals surface area contributed by atoms with Crippen LogP contribution in [-0.2, 0) is 6.42 Å². The lowest BCUT2D eigenvalue weighted by atomic mass is 9.92. The molecule has 2 atom stereocenters. The van der Waals surface area contributed by atoms with Crippen LogP contribution in [0.15, 0.2) is 18.2 Å². The third kappa shape index (κ3) is 4.29. The molecule has 0 aliphatic rings. The fourth-order valence-corrected chi connectivity index (χ4v) is 2.37. The van der Waals surface area contributed by atoms with Gasteiger partial charge in [0.25, 0.3) is 0 Å². The zero-order chi connectivity index (χ0) is 12.8. The first-order chi connectivity index (χ1) is 8.08. The summed E-state index contributed by atoms with van der Waals surface area (Å²) in [5.41, 5.74) is 1.08. The third-order valence-corrected chi connectivity index (χ3v) is 3.53. The Labute approximate surface area is 108 Å². The van der Waals surface area contributed by atoms with E-state index in [0.29, 0.717) is 12.0 Å². The molecule has 0 fully saturated rings. The van der Waals surface area contributed by atoms with Crippen molar-refractivity contribution < 1.29 is 4.39 Å². The molecule has 3 heteroatoms. The number of rotatable bonds is 6. The summed E-state index contributed by atoms with van der Waals surface area (Å²) < 4.78 is 13.0. The lowest BCUT2D eigenvalue weighted by Crippen LogP contribution is -2.34. The van der Waals surface area contributed by atoms with Crippen LogP contribution >= 0.6 is 11.6 Å². The number of benzene rings is 1. The Kier molecular flexibility index (Phi) is 5.93. The molecular formula is C14H21ClFN. The monoisotopic (exact) mass is 257 g/mol. The molecule has 0 radical (unpaired) electrons. The molecule has 0 aliphatic carbocycles. The molecule has 1 nitrogen and oxygen atoms in total. The van der Waals surface area contributed by atoms with Gasteiger partial charge in [0.15, 0.2) is 0 Å². The fraction of sp³-hybridized carbons (Fsp3) is 0.571. The molecule has 1 aromatic carbocycles. The Morgan fingerprint density at radius 2 is 2.12 bits per heavy atom. The summed E-state index contributed by atoms with van der Waals surface area (Å²) in [7, 11) is 1.97. The molecule has 0 amide bonds. The molecule has 17 heavy (non-hydrogen) atoms. The molecule has 1 rings (SSSR count). The lowest BCUT2D eigenvalue weighted by molar-refractivity contribution is 0.371. The molecule has 1 aromatic rings. The fourth-order valence-electron chi connectivity index (χ4n) is 2.16. The van der Waals surface area contributed by atoms with Crippen LogP contribution < -0.4 is 5.32 Å². The van der Waals surface area contributed by atoms with Gasteiger partial charge in [-0.3, -0.25) is 0 Å². The van der Waals surface area contributed by atoms with Gasteiger partial charge >= 0.3 is 0 Å². The van der Waals surface area contributed by atoms with Crippen molar-refractivity contribution in [2.45, 2.75) is 39.2 Å². The minimum absolute atomic E-state index is 0.209. The van der Waals surface area contributed by atoms with Crippen LogP contribution in [0.4, 0.5) is 4.39 Å². The van der Waals surface area contributed by atoms with Crippen LogP contribution in [0.2, 0.25) is 5.02 Å². The maximum atomic E-state index is 13.0. The molecule has 0 aliphatic heterocycles. The first-order valence-corrected chi connectivity index (χ1v) is 6.57. The summed E-state index contributed by atoms with van der Waals surface area (Å²) in [5, 5.41) is 3.54. The summed E-state index contributed by atoms with van der Waals surface area (Å²) in [6.45, 7) is 4.44. The minimum Gasteiger partial charge on any atom is -0.316 e. The van der Waals surface area contributed by atoms with Gasteiger partial charge in [0.1, 0.15) is 5.82 Å². The highest BCUT2D eigenvalue weighted by Crippen LogP contribution is 2.20. The van der Waals surface area contributed by atoms with Gasteiger partial charge in [0.2, 0.25) is 0 Å². The predicted octanol–water partition coefficient (Wildman–Crippen LogP) is 4.05. The Bertz CT molecular complexity index is 354. The molecule has 1 N–H and O–H groups in total. The second-order valence-electron chi connectivity index (χ2n) is 4.61. The smallest absolute Gasteiger partial charge is 0.141 e. The lowest BCUT2D eigenvalue weighted by Gasteiger charge is -2.23. The standard InChI is InChI=1S/C14H21ClFN/c1-4-5-10(2)14(17-3)9-11-6-7-13(16)12(15)8-11/h6-8,10,14,17H,4-5,9H2,1-3H3. The Morgan fingerprint density at radius 3 is 2.65 bits per heavy atom. The van der Waals surface area contributed by atoms with Crippen LogP contribution in [0.25, 0.3) is 0 Å². The Morgan fingerprint density at radius 1 is 1.41 bits per heavy atom. The average molecular weight is 258 g/mol. The van der Waals surface area contributed by atoms with Crippen LogP contribution in [0, 0.1) is 11.7 Å². The van der Waals surface area contributed by atoms with Crippen LogP contribution in [-0.4, -0.2) is 13.1 Å². The Hall–Kier alpha value is -0.600. The van der Waals surface area contributed by atoms with Gasteiger partial charge in [-0.05, 0) is 43.5 Å². The first kappa shape index (κ1) is 14.5. The summed E-state index contributed by atoms with van der Waals surface area (Å²) in [6, 6.07) is 5.38. The zero-order valence-electron chi connectivity index (χ0n) is 10.8. The number of hydrogen-bond donors (Lipinski definition) is 1. The Balaban J connectivity index is 2.70. The van der Waals surface area contributed by atoms with Gasteiger partial charge in [0, 0.05) is 6.04 Å². The SMILES string of the molecule is CCCC(C)C(Cc1ccc(F)c(Cl)c1)NC. The summed E-state index contributed by atoms with van der Waals surface area (Å²) in [4.78, 5) is 0. The van der Waals surface area contributed by atoms with E-state index in [1.165, 1.54) is 18.9 Å². The van der Waals surface area contributed by atoms with E-state index in [1.807, 2.05) is 13.1 Å². The predicted molar refractivity (Wildman–Crippen MR) is 72.0 cm³/mol. The molecule has 0 heterocycles. The van der Waals surface area contributed by atoms with E-state index in [2.05, 4.69) is 19.2 Å². The molecule has 96 valence electrons. The number of halogens is 2. The normalized spacial score (nSPS) is 14.6. The van der Waals surface area contributed by atoms with E-state index in [9.17, 15) is 4.39 Å². The second kappa shape index (κ2) is 6.97. The molecule has 0 spiro atoms. The van der Waals surface area contributed by atoms with Gasteiger partial charge in [-0.2, -0.15) is 0 Å². The van der Waals surface area contributed by atoms with Crippen molar-refractivity contribution in [3.63, 3.8) is 0 Å². The van der Waals surface area contributed by atoms with Gasteiger partial charge in [-0.1, -0.05) is 37.9 Å². The van der Waals surface area contributed by atoms with Crippen molar-refractivity contribution in [1.82, 2.24) is 5.32 Å². The van der Waals surface area contributed by atoms with Crippen molar-refractivity contribution >= 4 is 11.6 Å². The quantitative estimate of drug-likeness (QED) is 0.811. The van der Waals surface area contributed by atoms with Gasteiger partial charge < -0.3 is 5.32 Å². The largest absolute Gasteiger partial charge is 0.316 e. The van der Waals surface area contributed by atoms with E-state index in [1.54, 1.807) is 6.07 Å². The highest BCUT2D eigenvalue weighted by atomic mass is 35.5. The molecule has 0 bridgehead atoms. The van der Waals surface area contributed by atoms with Crippen molar-refractivity contribution in [3.05, 3.63) is 34.6 Å². The summed E-state index contributed by atoms with van der Waals surface area (Å²) in [5.74, 6) is 0.256. The highest BCUT2D eigenvalue weighted by Gasteiger charge is 2.15. The van der Waals surface area contributed by atoms with Gasteiger partial charge in [0.05, 0.1) is 5.02 Å². The van der Waals surface area contributed by atoms with E-state index >= 15 is 0 Å². The third-order valence-electron chi connectivity index (χ3n) is 3.24. The maximum absolute atomic E-state index is 13.0. The van der Waals surface area contributed by atoms with Crippen LogP contribution in [0.5, 0.6) is 0 Å². The van der Waals surface area contributed by atoms with E-state index in [-0.39, 0.29) is 10.8 Å². The molecule has 2 unspecified atom stereocenters. The topological polar surface area (TPSA) is 12.0 Å². The van der Waals surface area contributed by atoms with Crippen molar-refractivity contribution in [1.29, 1.82) is 0 Å². The van der Waals surface area contributed by atoms with Crippen molar-refractivity contribution in [2.75, 3.05) is 7.05 Å². The summed E-state index contributed by atoms with van der Waals surface area (Å²) in [6.07, 6.45) is 3.27. The number of likely N-dealkylation sites (N-methyl/N-ethyl adjacent to an activating group) is 1. The van der Waals surface area contributed by atoms with Crippen LogP contribution in [0.3, 0.4) is 0 Å². The molecule has 0 saturated carbocycles. The highest BCUT2D eigenvalue weighted by molar-refractivity contribution is 6.30. The van der Waals surface area contributed by atoms with Gasteiger partial charge in [-0.25, -0.2) is 4.39 Å². The zero-order valence-corrected chi connectivity index (χ0v) is 11.5. The van der Waals surface area contributed by atoms with E-state index < -0.39 is 0 Å². The van der Waals surface area contributed by atoms with Crippen molar-refractivity contribution in [2.24, 2.45) is 5.92 Å². The van der Waals surface area contributed by atoms with Crippen molar-refractivity contribution in [3.8, 4) is 0 Å². The number of nitrogens with one attached hydrogen (secondary N) is 1. The molecule has 0 saturated heterocycles. The maximum Gasteiger partial charge on any atom is 0.141 e. The van der Waals surface area contributed by atoms with Crippen LogP contribution in [0.1, 0.15) is 32.3 Å². The molecule has 0 aromatic heterocycles. The van der Waals surface area contributed by atoms with Gasteiger partial charge in [-0.15, -0.1) is 0 Å². The van der Waals surface area contributed by atoms with E-state index in [0.717, 1.165) is 12.0 Å². The number of hydrogen-bond acceptors (Lipinski definition) is 1. The first-order valence-electron chi connectivity index (χ1n) is 6.19. The molecular weight excluding hydrogens is 237 g/mol. The second-order valence-corrected chi connectivity index (χ2v) is 5.02. The van der Waals surface area contributed by atoms with E-state index in [4.69, 9.17) is 11.6 Å².